The van der Waals surface area contributed by atoms with Crippen LogP contribution in [-0.4, -0.2) is 83.9 Å². The van der Waals surface area contributed by atoms with E-state index in [1.165, 1.54) is 23.8 Å². The molecule has 1 aromatic carbocycles. The molecule has 1 aliphatic heterocycles. The number of methoxy groups -OCH3 is 1. The van der Waals surface area contributed by atoms with Crippen LogP contribution in [0.4, 0.5) is 0 Å². The van der Waals surface area contributed by atoms with Crippen molar-refractivity contribution >= 4 is 40.7 Å². The highest BCUT2D eigenvalue weighted by Gasteiger charge is 2.53. The van der Waals surface area contributed by atoms with Gasteiger partial charge >= 0.3 is 29.8 Å². The first-order valence-electron chi connectivity index (χ1n) is 12.2. The third-order valence-corrected chi connectivity index (χ3v) is 5.99. The van der Waals surface area contributed by atoms with Crippen molar-refractivity contribution in [1.29, 1.82) is 0 Å². The van der Waals surface area contributed by atoms with Gasteiger partial charge in [0.2, 0.25) is 12.4 Å². The van der Waals surface area contributed by atoms with Crippen molar-refractivity contribution < 1.29 is 62.2 Å². The maximum absolute atomic E-state index is 12.4. The molecule has 40 heavy (non-hydrogen) atoms. The Morgan fingerprint density at radius 1 is 0.900 bits per heavy atom. The van der Waals surface area contributed by atoms with Crippen LogP contribution < -0.4 is 4.74 Å². The van der Waals surface area contributed by atoms with Crippen LogP contribution in [0.25, 0.3) is 10.9 Å². The Hall–Kier alpha value is -4.17. The number of carbonyl (C=O) groups excluding carboxylic acids is 5. The number of aliphatic hydroxyl groups is 1. The summed E-state index contributed by atoms with van der Waals surface area (Å²) in [5, 5.41) is 10.3. The van der Waals surface area contributed by atoms with E-state index in [1.54, 1.807) is 13.1 Å². The highest BCUT2D eigenvalue weighted by atomic mass is 16.7. The van der Waals surface area contributed by atoms with Gasteiger partial charge in [-0.1, -0.05) is 6.07 Å². The van der Waals surface area contributed by atoms with Gasteiger partial charge in [0, 0.05) is 45.7 Å². The molecule has 14 nitrogen and oxygen atoms in total. The first-order chi connectivity index (χ1) is 18.9. The van der Waals surface area contributed by atoms with E-state index in [2.05, 4.69) is 0 Å². The van der Waals surface area contributed by atoms with Crippen LogP contribution >= 0.6 is 0 Å². The molecular formula is C26H31NO13. The number of aryl methyl sites for hydroxylation is 1. The smallest absolute Gasteiger partial charge is 0.354 e. The lowest BCUT2D eigenvalue weighted by Gasteiger charge is -2.44. The quantitative estimate of drug-likeness (QED) is 0.336. The van der Waals surface area contributed by atoms with Crippen LogP contribution in [-0.2, 0) is 61.3 Å². The average molecular weight is 566 g/mol. The Balaban J connectivity index is 2.14. The van der Waals surface area contributed by atoms with Crippen LogP contribution in [0.5, 0.6) is 5.75 Å². The molecule has 2 heterocycles. The summed E-state index contributed by atoms with van der Waals surface area (Å²) in [6.07, 6.45) is -6.90. The third-order valence-electron chi connectivity index (χ3n) is 5.99. The molecule has 0 amide bonds. The van der Waals surface area contributed by atoms with Crippen molar-refractivity contribution in [2.75, 3.05) is 13.7 Å². The maximum atomic E-state index is 12.4. The van der Waals surface area contributed by atoms with Crippen molar-refractivity contribution in [3.05, 3.63) is 29.5 Å². The molecule has 0 spiro atoms. The standard InChI is InChI=1S/C26H31NO13/c1-12(29)35-11-20-22(36-13(2)30)23(37-14(3)31)24(38-15(4)32)26(40-20)39-19-8-7-16(10-28)21-17(19)9-18(27(21)5)25(33)34-6/h7-9,20,22-24,26,28H,10-11H2,1-6H3/t20-,22+,23+,24-,26-/m1/s1. The minimum Gasteiger partial charge on any atom is -0.464 e. The Morgan fingerprint density at radius 3 is 2.05 bits per heavy atom. The number of fused-ring (bicyclic) bond motifs is 1. The lowest BCUT2D eigenvalue weighted by atomic mass is 9.98. The predicted molar refractivity (Wildman–Crippen MR) is 133 cm³/mol. The van der Waals surface area contributed by atoms with Gasteiger partial charge in [0.1, 0.15) is 24.2 Å². The first-order valence-corrected chi connectivity index (χ1v) is 12.2. The Kier molecular flexibility index (Phi) is 9.71. The van der Waals surface area contributed by atoms with Crippen molar-refractivity contribution in [3.63, 3.8) is 0 Å². The van der Waals surface area contributed by atoms with E-state index in [4.69, 9.17) is 33.2 Å². The normalized spacial score (nSPS) is 22.2. The zero-order chi connectivity index (χ0) is 29.7. The Labute approximate surface area is 228 Å². The van der Waals surface area contributed by atoms with E-state index in [0.717, 1.165) is 27.7 Å². The van der Waals surface area contributed by atoms with Gasteiger partial charge < -0.3 is 42.8 Å². The van der Waals surface area contributed by atoms with Crippen molar-refractivity contribution in [1.82, 2.24) is 4.57 Å². The number of benzene rings is 1. The molecule has 1 N–H and O–H groups in total. The molecule has 0 bridgehead atoms. The summed E-state index contributed by atoms with van der Waals surface area (Å²) in [5.74, 6) is -3.49. The fourth-order valence-electron chi connectivity index (χ4n) is 4.46. The molecular weight excluding hydrogens is 534 g/mol. The third kappa shape index (κ3) is 6.69. The molecule has 0 radical (unpaired) electrons. The molecule has 1 aliphatic rings. The van der Waals surface area contributed by atoms with Crippen LogP contribution in [0, 0.1) is 0 Å². The average Bonchev–Trinajstić information content (AvgIpc) is 3.23. The van der Waals surface area contributed by atoms with Crippen LogP contribution in [0.15, 0.2) is 18.2 Å². The second-order valence-electron chi connectivity index (χ2n) is 8.91. The van der Waals surface area contributed by atoms with Crippen molar-refractivity contribution in [2.45, 2.75) is 65.0 Å². The number of hydrogen-bond acceptors (Lipinski definition) is 13. The number of carbonyl (C=O) groups is 5. The van der Waals surface area contributed by atoms with Gasteiger partial charge in [-0.3, -0.25) is 19.2 Å². The number of rotatable bonds is 9. The van der Waals surface area contributed by atoms with E-state index in [1.807, 2.05) is 0 Å². The Bertz CT molecular complexity index is 1300. The molecule has 1 saturated heterocycles. The molecule has 0 aliphatic carbocycles. The van der Waals surface area contributed by atoms with Gasteiger partial charge in [0.25, 0.3) is 0 Å². The van der Waals surface area contributed by atoms with E-state index < -0.39 is 67.2 Å². The second kappa shape index (κ2) is 12.8. The van der Waals surface area contributed by atoms with Gasteiger partial charge in [-0.15, -0.1) is 0 Å². The lowest BCUT2D eigenvalue weighted by Crippen LogP contribution is -2.63. The summed E-state index contributed by atoms with van der Waals surface area (Å²) in [7, 11) is 2.83. The Morgan fingerprint density at radius 2 is 1.50 bits per heavy atom. The summed E-state index contributed by atoms with van der Waals surface area (Å²) in [4.78, 5) is 60.0. The van der Waals surface area contributed by atoms with Gasteiger partial charge in [0.15, 0.2) is 12.2 Å². The number of aromatic nitrogens is 1. The molecule has 3 rings (SSSR count). The maximum Gasteiger partial charge on any atom is 0.354 e. The topological polar surface area (TPSA) is 175 Å². The van der Waals surface area contributed by atoms with Crippen molar-refractivity contribution in [3.8, 4) is 5.75 Å². The number of aliphatic hydroxyl groups excluding tert-OH is 1. The number of hydrogen-bond donors (Lipinski definition) is 1. The minimum absolute atomic E-state index is 0.138. The summed E-state index contributed by atoms with van der Waals surface area (Å²) in [5.41, 5.74) is 1.08. The number of esters is 5. The number of ether oxygens (including phenoxy) is 7. The number of nitrogens with zero attached hydrogens (tertiary/aromatic N) is 1. The van der Waals surface area contributed by atoms with E-state index in [0.29, 0.717) is 16.5 Å². The van der Waals surface area contributed by atoms with Crippen LogP contribution in [0.2, 0.25) is 0 Å². The summed E-state index contributed by atoms with van der Waals surface area (Å²) in [6.45, 7) is 3.73. The highest BCUT2D eigenvalue weighted by molar-refractivity contribution is 5.99. The lowest BCUT2D eigenvalue weighted by molar-refractivity contribution is -0.288. The minimum atomic E-state index is -1.48. The van der Waals surface area contributed by atoms with Crippen LogP contribution in [0.3, 0.4) is 0 Å². The molecule has 1 aromatic heterocycles. The molecule has 14 heteroatoms. The molecule has 218 valence electrons. The SMILES string of the molecule is COC(=O)c1cc2c(O[C@@H]3O[C@H](COC(C)=O)[C@H](OC(C)=O)[C@H](OC(C)=O)[C@H]3OC(C)=O)ccc(CO)c2n1C. The molecule has 0 unspecified atom stereocenters. The zero-order valence-corrected chi connectivity index (χ0v) is 22.8. The van der Waals surface area contributed by atoms with Crippen molar-refractivity contribution in [2.24, 2.45) is 7.05 Å². The molecule has 5 atom stereocenters. The largest absolute Gasteiger partial charge is 0.464 e. The van der Waals surface area contributed by atoms with Crippen LogP contribution in [0.1, 0.15) is 43.7 Å². The highest BCUT2D eigenvalue weighted by Crippen LogP contribution is 2.36. The molecule has 1 fully saturated rings. The molecule has 2 aromatic rings. The predicted octanol–water partition coefficient (Wildman–Crippen LogP) is 0.919. The van der Waals surface area contributed by atoms with Gasteiger partial charge in [-0.05, 0) is 12.1 Å². The second-order valence-corrected chi connectivity index (χ2v) is 8.91. The summed E-state index contributed by atoms with van der Waals surface area (Å²) < 4.78 is 39.8. The fraction of sp³-hybridized carbons (Fsp3) is 0.500. The first kappa shape index (κ1) is 30.4. The zero-order valence-electron chi connectivity index (χ0n) is 22.8. The van der Waals surface area contributed by atoms with Gasteiger partial charge in [-0.2, -0.15) is 0 Å². The molecule has 0 saturated carbocycles. The summed E-state index contributed by atoms with van der Waals surface area (Å²) >= 11 is 0. The van der Waals surface area contributed by atoms with Gasteiger partial charge in [-0.25, -0.2) is 4.79 Å². The summed E-state index contributed by atoms with van der Waals surface area (Å²) in [6, 6.07) is 4.55. The van der Waals surface area contributed by atoms with E-state index >= 15 is 0 Å². The fourth-order valence-corrected chi connectivity index (χ4v) is 4.46. The van der Waals surface area contributed by atoms with Gasteiger partial charge in [0.05, 0.1) is 19.2 Å². The monoisotopic (exact) mass is 565 g/mol. The van der Waals surface area contributed by atoms with E-state index in [9.17, 15) is 29.1 Å². The van der Waals surface area contributed by atoms with E-state index in [-0.39, 0.29) is 18.1 Å².